The van der Waals surface area contributed by atoms with Gasteiger partial charge < -0.3 is 11.1 Å². The summed E-state index contributed by atoms with van der Waals surface area (Å²) < 4.78 is 26.7. The van der Waals surface area contributed by atoms with Crippen LogP contribution in [0.2, 0.25) is 0 Å². The Kier molecular flexibility index (Phi) is 4.88. The Morgan fingerprint density at radius 1 is 1.08 bits per heavy atom. The molecule has 0 saturated heterocycles. The minimum atomic E-state index is -1.08. The molecule has 0 aliphatic heterocycles. The quantitative estimate of drug-likeness (QED) is 0.737. The van der Waals surface area contributed by atoms with Crippen molar-refractivity contribution in [2.75, 3.05) is 0 Å². The number of amides is 2. The molecule has 1 aromatic heterocycles. The van der Waals surface area contributed by atoms with Crippen LogP contribution in [0.3, 0.4) is 0 Å². The fourth-order valence-electron chi connectivity index (χ4n) is 2.56. The molecule has 3 aromatic rings. The summed E-state index contributed by atoms with van der Waals surface area (Å²) >= 11 is 0. The van der Waals surface area contributed by atoms with Crippen molar-refractivity contribution in [3.63, 3.8) is 0 Å². The predicted octanol–water partition coefficient (Wildman–Crippen LogP) is 2.34. The minimum absolute atomic E-state index is 0.0503. The Morgan fingerprint density at radius 3 is 2.58 bits per heavy atom. The van der Waals surface area contributed by atoms with E-state index < -0.39 is 29.5 Å². The van der Waals surface area contributed by atoms with Gasteiger partial charge in [-0.3, -0.25) is 14.6 Å². The number of primary amides is 1. The third-order valence-corrected chi connectivity index (χ3v) is 3.89. The molecule has 2 aromatic carbocycles. The molecule has 0 saturated carbocycles. The molecule has 2 amide bonds. The van der Waals surface area contributed by atoms with E-state index >= 15 is 0 Å². The van der Waals surface area contributed by atoms with Gasteiger partial charge in [0.05, 0.1) is 11.1 Å². The number of halogens is 2. The van der Waals surface area contributed by atoms with E-state index in [-0.39, 0.29) is 12.0 Å². The first kappa shape index (κ1) is 17.5. The number of rotatable bonds is 5. The molecule has 3 rings (SSSR count). The lowest BCUT2D eigenvalue weighted by molar-refractivity contribution is -0.119. The van der Waals surface area contributed by atoms with Gasteiger partial charge in [-0.25, -0.2) is 8.78 Å². The Balaban J connectivity index is 1.80. The van der Waals surface area contributed by atoms with Gasteiger partial charge in [0.2, 0.25) is 5.91 Å². The number of nitrogens with two attached hydrogens (primary N) is 1. The highest BCUT2D eigenvalue weighted by atomic mass is 19.1. The summed E-state index contributed by atoms with van der Waals surface area (Å²) in [6, 6.07) is 12.5. The monoisotopic (exact) mass is 355 g/mol. The zero-order valence-electron chi connectivity index (χ0n) is 13.6. The van der Waals surface area contributed by atoms with Gasteiger partial charge in [-0.2, -0.15) is 0 Å². The summed E-state index contributed by atoms with van der Waals surface area (Å²) in [4.78, 5) is 28.3. The van der Waals surface area contributed by atoms with Crippen molar-refractivity contribution in [1.29, 1.82) is 0 Å². The lowest BCUT2D eigenvalue weighted by atomic mass is 10.1. The molecule has 3 N–H and O–H groups in total. The lowest BCUT2D eigenvalue weighted by Crippen LogP contribution is -2.46. The lowest BCUT2D eigenvalue weighted by Gasteiger charge is -2.16. The summed E-state index contributed by atoms with van der Waals surface area (Å²) in [5, 5.41) is 3.31. The van der Waals surface area contributed by atoms with Gasteiger partial charge in [0.15, 0.2) is 0 Å². The third-order valence-electron chi connectivity index (χ3n) is 3.89. The van der Waals surface area contributed by atoms with Gasteiger partial charge in [-0.15, -0.1) is 0 Å². The number of carbonyl (C=O) groups is 2. The first-order chi connectivity index (χ1) is 12.4. The standard InChI is InChI=1S/C19H15F2N3O2/c20-12-6-8-14(15(21)9-12)19(26)24-17(18(22)25)10-13-7-5-11-3-1-2-4-16(11)23-13/h1-9,17H,10H2,(H2,22,25)(H,24,26)/t17-/m0/s1. The Morgan fingerprint density at radius 2 is 1.85 bits per heavy atom. The van der Waals surface area contributed by atoms with Crippen LogP contribution in [0.5, 0.6) is 0 Å². The van der Waals surface area contributed by atoms with E-state index in [2.05, 4.69) is 10.3 Å². The fourth-order valence-corrected chi connectivity index (χ4v) is 2.56. The smallest absolute Gasteiger partial charge is 0.254 e. The first-order valence-electron chi connectivity index (χ1n) is 7.84. The number of aromatic nitrogens is 1. The Bertz CT molecular complexity index is 991. The van der Waals surface area contributed by atoms with Gasteiger partial charge in [0.1, 0.15) is 17.7 Å². The molecule has 1 atom stereocenters. The number of nitrogens with one attached hydrogen (secondary N) is 1. The summed E-state index contributed by atoms with van der Waals surface area (Å²) in [5.74, 6) is -3.46. The van der Waals surface area contributed by atoms with Gasteiger partial charge in [-0.1, -0.05) is 24.3 Å². The fraction of sp³-hybridized carbons (Fsp3) is 0.105. The number of carbonyl (C=O) groups excluding carboxylic acids is 2. The normalized spacial score (nSPS) is 11.9. The SMILES string of the molecule is NC(=O)[C@H](Cc1ccc2ccccc2n1)NC(=O)c1ccc(F)cc1F. The van der Waals surface area contributed by atoms with Crippen molar-refractivity contribution in [1.82, 2.24) is 10.3 Å². The van der Waals surface area contributed by atoms with Gasteiger partial charge >= 0.3 is 0 Å². The zero-order chi connectivity index (χ0) is 18.7. The second kappa shape index (κ2) is 7.26. The van der Waals surface area contributed by atoms with Crippen LogP contribution in [0.15, 0.2) is 54.6 Å². The van der Waals surface area contributed by atoms with Crippen molar-refractivity contribution in [3.05, 3.63) is 77.5 Å². The molecule has 7 heteroatoms. The largest absolute Gasteiger partial charge is 0.368 e. The third kappa shape index (κ3) is 3.83. The second-order valence-corrected chi connectivity index (χ2v) is 5.75. The van der Waals surface area contributed by atoms with E-state index in [4.69, 9.17) is 5.73 Å². The maximum Gasteiger partial charge on any atom is 0.254 e. The summed E-state index contributed by atoms with van der Waals surface area (Å²) in [6.45, 7) is 0. The molecule has 0 bridgehead atoms. The van der Waals surface area contributed by atoms with Crippen LogP contribution in [0.1, 0.15) is 16.1 Å². The number of benzene rings is 2. The number of hydrogen-bond donors (Lipinski definition) is 2. The van der Waals surface area contributed by atoms with Gasteiger partial charge in [-0.05, 0) is 24.3 Å². The van der Waals surface area contributed by atoms with Gasteiger partial charge in [0.25, 0.3) is 5.91 Å². The number of nitrogens with zero attached hydrogens (tertiary/aromatic N) is 1. The van der Waals surface area contributed by atoms with Crippen LogP contribution in [0, 0.1) is 11.6 Å². The van der Waals surface area contributed by atoms with E-state index in [0.29, 0.717) is 11.8 Å². The second-order valence-electron chi connectivity index (χ2n) is 5.75. The number of pyridine rings is 1. The molecule has 5 nitrogen and oxygen atoms in total. The Hall–Kier alpha value is -3.35. The topological polar surface area (TPSA) is 85.1 Å². The predicted molar refractivity (Wildman–Crippen MR) is 92.3 cm³/mol. The first-order valence-corrected chi connectivity index (χ1v) is 7.84. The van der Waals surface area contributed by atoms with E-state index in [1.165, 1.54) is 0 Å². The average molecular weight is 355 g/mol. The Labute approximate surface area is 147 Å². The van der Waals surface area contributed by atoms with Crippen LogP contribution >= 0.6 is 0 Å². The summed E-state index contributed by atoms with van der Waals surface area (Å²) in [6.07, 6.45) is 0.0503. The van der Waals surface area contributed by atoms with Crippen molar-refractivity contribution < 1.29 is 18.4 Å². The van der Waals surface area contributed by atoms with Crippen molar-refractivity contribution >= 4 is 22.7 Å². The molecular formula is C19H15F2N3O2. The summed E-state index contributed by atoms with van der Waals surface area (Å²) in [5.41, 5.74) is 6.27. The molecule has 1 heterocycles. The van der Waals surface area contributed by atoms with E-state index in [1.807, 2.05) is 30.3 Å². The maximum absolute atomic E-state index is 13.7. The van der Waals surface area contributed by atoms with Crippen LogP contribution in [0.25, 0.3) is 10.9 Å². The van der Waals surface area contributed by atoms with Crippen LogP contribution < -0.4 is 11.1 Å². The van der Waals surface area contributed by atoms with E-state index in [1.54, 1.807) is 6.07 Å². The molecule has 132 valence electrons. The highest BCUT2D eigenvalue weighted by Crippen LogP contribution is 2.14. The molecule has 26 heavy (non-hydrogen) atoms. The van der Waals surface area contributed by atoms with Crippen molar-refractivity contribution in [3.8, 4) is 0 Å². The highest BCUT2D eigenvalue weighted by molar-refractivity contribution is 5.97. The molecule has 0 unspecified atom stereocenters. The zero-order valence-corrected chi connectivity index (χ0v) is 13.6. The summed E-state index contributed by atoms with van der Waals surface area (Å²) in [7, 11) is 0. The maximum atomic E-state index is 13.7. The van der Waals surface area contributed by atoms with E-state index in [0.717, 1.165) is 23.0 Å². The highest BCUT2D eigenvalue weighted by Gasteiger charge is 2.22. The van der Waals surface area contributed by atoms with Crippen LogP contribution in [-0.2, 0) is 11.2 Å². The number of para-hydroxylation sites is 1. The van der Waals surface area contributed by atoms with Crippen molar-refractivity contribution in [2.24, 2.45) is 5.73 Å². The molecule has 0 aliphatic carbocycles. The molecule has 0 fully saturated rings. The van der Waals surface area contributed by atoms with E-state index in [9.17, 15) is 18.4 Å². The average Bonchev–Trinajstić information content (AvgIpc) is 2.60. The number of hydrogen-bond acceptors (Lipinski definition) is 3. The molecule has 0 spiro atoms. The van der Waals surface area contributed by atoms with Gasteiger partial charge in [0, 0.05) is 23.6 Å². The molecular weight excluding hydrogens is 340 g/mol. The van der Waals surface area contributed by atoms with Crippen LogP contribution in [0.4, 0.5) is 8.78 Å². The number of fused-ring (bicyclic) bond motifs is 1. The van der Waals surface area contributed by atoms with Crippen molar-refractivity contribution in [2.45, 2.75) is 12.5 Å². The van der Waals surface area contributed by atoms with Crippen LogP contribution in [-0.4, -0.2) is 22.8 Å². The molecule has 0 radical (unpaired) electrons. The molecule has 0 aliphatic rings. The minimum Gasteiger partial charge on any atom is -0.368 e.